The molecule has 0 spiro atoms. The number of benzene rings is 1. The van der Waals surface area contributed by atoms with Crippen LogP contribution in [0.3, 0.4) is 0 Å². The Morgan fingerprint density at radius 1 is 1.28 bits per heavy atom. The van der Waals surface area contributed by atoms with Crippen LogP contribution in [0.4, 0.5) is 0 Å². The first kappa shape index (κ1) is 12.4. The number of para-hydroxylation sites is 1. The van der Waals surface area contributed by atoms with Gasteiger partial charge in [0.15, 0.2) is 17.3 Å². The summed E-state index contributed by atoms with van der Waals surface area (Å²) in [6.07, 6.45) is 0. The lowest BCUT2D eigenvalue weighted by atomic mass is 10.1. The summed E-state index contributed by atoms with van der Waals surface area (Å²) in [7, 11) is 3.19. The first-order chi connectivity index (χ1) is 8.67. The van der Waals surface area contributed by atoms with Crippen molar-refractivity contribution in [3.05, 3.63) is 30.0 Å². The molecule has 18 heavy (non-hydrogen) atoms. The SMILES string of the molecule is COc1cccc(-c2cc(C(C)N)on2)c1OC. The van der Waals surface area contributed by atoms with Gasteiger partial charge in [0, 0.05) is 11.6 Å². The third kappa shape index (κ3) is 2.17. The molecule has 0 saturated heterocycles. The lowest BCUT2D eigenvalue weighted by Crippen LogP contribution is -2.02. The maximum Gasteiger partial charge on any atom is 0.170 e. The molecule has 0 aliphatic rings. The number of hydrogen-bond acceptors (Lipinski definition) is 5. The van der Waals surface area contributed by atoms with Crippen molar-refractivity contribution in [1.82, 2.24) is 5.16 Å². The molecule has 5 nitrogen and oxygen atoms in total. The minimum atomic E-state index is -0.192. The molecule has 2 N–H and O–H groups in total. The van der Waals surface area contributed by atoms with Gasteiger partial charge in [0.2, 0.25) is 0 Å². The van der Waals surface area contributed by atoms with E-state index in [1.54, 1.807) is 14.2 Å². The summed E-state index contributed by atoms with van der Waals surface area (Å²) in [6.45, 7) is 1.84. The molecule has 1 atom stereocenters. The van der Waals surface area contributed by atoms with Gasteiger partial charge in [-0.15, -0.1) is 0 Å². The van der Waals surface area contributed by atoms with E-state index >= 15 is 0 Å². The Kier molecular flexibility index (Phi) is 3.53. The van der Waals surface area contributed by atoms with Gasteiger partial charge in [-0.2, -0.15) is 0 Å². The van der Waals surface area contributed by atoms with Gasteiger partial charge in [-0.05, 0) is 19.1 Å². The number of nitrogens with zero attached hydrogens (tertiary/aromatic N) is 1. The second kappa shape index (κ2) is 5.10. The number of methoxy groups -OCH3 is 2. The van der Waals surface area contributed by atoms with E-state index in [0.717, 1.165) is 5.56 Å². The molecule has 0 amide bonds. The molecule has 5 heteroatoms. The maximum absolute atomic E-state index is 5.74. The average molecular weight is 248 g/mol. The molecule has 1 aromatic heterocycles. The Labute approximate surface area is 105 Å². The first-order valence-electron chi connectivity index (χ1n) is 5.61. The zero-order valence-electron chi connectivity index (χ0n) is 10.6. The highest BCUT2D eigenvalue weighted by Crippen LogP contribution is 2.37. The average Bonchev–Trinajstić information content (AvgIpc) is 2.87. The van der Waals surface area contributed by atoms with E-state index in [1.807, 2.05) is 31.2 Å². The van der Waals surface area contributed by atoms with Gasteiger partial charge in [0.25, 0.3) is 0 Å². The van der Waals surface area contributed by atoms with Crippen LogP contribution in [0.1, 0.15) is 18.7 Å². The van der Waals surface area contributed by atoms with Gasteiger partial charge in [-0.25, -0.2) is 0 Å². The van der Waals surface area contributed by atoms with E-state index in [1.165, 1.54) is 0 Å². The van der Waals surface area contributed by atoms with Gasteiger partial charge in [0.05, 0.1) is 20.3 Å². The fourth-order valence-electron chi connectivity index (χ4n) is 1.72. The van der Waals surface area contributed by atoms with E-state index in [9.17, 15) is 0 Å². The highest BCUT2D eigenvalue weighted by molar-refractivity contribution is 5.71. The van der Waals surface area contributed by atoms with E-state index in [-0.39, 0.29) is 6.04 Å². The predicted molar refractivity (Wildman–Crippen MR) is 67.6 cm³/mol. The molecule has 1 aromatic carbocycles. The van der Waals surface area contributed by atoms with Crippen LogP contribution in [-0.2, 0) is 0 Å². The normalized spacial score (nSPS) is 12.2. The zero-order valence-corrected chi connectivity index (χ0v) is 10.6. The highest BCUT2D eigenvalue weighted by atomic mass is 16.5. The number of nitrogens with two attached hydrogens (primary N) is 1. The van der Waals surface area contributed by atoms with Gasteiger partial charge >= 0.3 is 0 Å². The Bertz CT molecular complexity index is 535. The van der Waals surface area contributed by atoms with Crippen LogP contribution >= 0.6 is 0 Å². The maximum atomic E-state index is 5.74. The van der Waals surface area contributed by atoms with E-state index in [2.05, 4.69) is 5.16 Å². The van der Waals surface area contributed by atoms with Gasteiger partial charge < -0.3 is 19.7 Å². The summed E-state index contributed by atoms with van der Waals surface area (Å²) in [4.78, 5) is 0. The van der Waals surface area contributed by atoms with Crippen LogP contribution in [0.15, 0.2) is 28.8 Å². The van der Waals surface area contributed by atoms with Crippen LogP contribution in [0.5, 0.6) is 11.5 Å². The third-order valence-corrected chi connectivity index (χ3v) is 2.66. The van der Waals surface area contributed by atoms with Crippen LogP contribution in [-0.4, -0.2) is 19.4 Å². The fourth-order valence-corrected chi connectivity index (χ4v) is 1.72. The molecule has 0 aliphatic heterocycles. The van der Waals surface area contributed by atoms with Gasteiger partial charge in [0.1, 0.15) is 5.69 Å². The molecule has 2 aromatic rings. The topological polar surface area (TPSA) is 70.5 Å². The molecule has 0 saturated carbocycles. The van der Waals surface area contributed by atoms with Crippen LogP contribution < -0.4 is 15.2 Å². The van der Waals surface area contributed by atoms with Crippen molar-refractivity contribution in [2.24, 2.45) is 5.73 Å². The summed E-state index contributed by atoms with van der Waals surface area (Å²) in [5.74, 6) is 1.92. The first-order valence-corrected chi connectivity index (χ1v) is 5.61. The fraction of sp³-hybridized carbons (Fsp3) is 0.308. The second-order valence-corrected chi connectivity index (χ2v) is 3.94. The summed E-state index contributed by atoms with van der Waals surface area (Å²) in [5, 5.41) is 4.00. The standard InChI is InChI=1S/C13H16N2O3/c1-8(14)12-7-10(15-18-12)9-5-4-6-11(16-2)13(9)17-3/h4-8H,14H2,1-3H3. The Balaban J connectivity index is 2.49. The van der Waals surface area contributed by atoms with E-state index in [4.69, 9.17) is 19.7 Å². The Morgan fingerprint density at radius 3 is 2.61 bits per heavy atom. The van der Waals surface area contributed by atoms with E-state index < -0.39 is 0 Å². The molecule has 2 rings (SSSR count). The molecule has 96 valence electrons. The second-order valence-electron chi connectivity index (χ2n) is 3.94. The van der Waals surface area contributed by atoms with Crippen molar-refractivity contribution in [2.75, 3.05) is 14.2 Å². The van der Waals surface area contributed by atoms with Crippen molar-refractivity contribution in [3.63, 3.8) is 0 Å². The van der Waals surface area contributed by atoms with Gasteiger partial charge in [-0.1, -0.05) is 11.2 Å². The Morgan fingerprint density at radius 2 is 2.06 bits per heavy atom. The van der Waals surface area contributed by atoms with Crippen molar-refractivity contribution >= 4 is 0 Å². The number of rotatable bonds is 4. The third-order valence-electron chi connectivity index (χ3n) is 2.66. The summed E-state index contributed by atoms with van der Waals surface area (Å²) < 4.78 is 15.8. The number of hydrogen-bond donors (Lipinski definition) is 1. The molecule has 0 aliphatic carbocycles. The molecule has 1 heterocycles. The van der Waals surface area contributed by atoms with Crippen LogP contribution in [0.2, 0.25) is 0 Å². The summed E-state index contributed by atoms with van der Waals surface area (Å²) >= 11 is 0. The number of aromatic nitrogens is 1. The lowest BCUT2D eigenvalue weighted by Gasteiger charge is -2.10. The molecule has 1 unspecified atom stereocenters. The van der Waals surface area contributed by atoms with Crippen molar-refractivity contribution < 1.29 is 14.0 Å². The minimum absolute atomic E-state index is 0.192. The van der Waals surface area contributed by atoms with Crippen LogP contribution in [0.25, 0.3) is 11.3 Å². The quantitative estimate of drug-likeness (QED) is 0.899. The van der Waals surface area contributed by atoms with Crippen molar-refractivity contribution in [2.45, 2.75) is 13.0 Å². The Hall–Kier alpha value is -2.01. The van der Waals surface area contributed by atoms with E-state index in [0.29, 0.717) is 23.0 Å². The zero-order chi connectivity index (χ0) is 13.1. The monoisotopic (exact) mass is 248 g/mol. The molecule has 0 bridgehead atoms. The summed E-state index contributed by atoms with van der Waals surface area (Å²) in [6, 6.07) is 7.21. The van der Waals surface area contributed by atoms with Crippen LogP contribution in [0, 0.1) is 0 Å². The lowest BCUT2D eigenvalue weighted by molar-refractivity contribution is 0.354. The largest absolute Gasteiger partial charge is 0.493 e. The van der Waals surface area contributed by atoms with Crippen molar-refractivity contribution in [3.8, 4) is 22.8 Å². The number of ether oxygens (including phenoxy) is 2. The molecular weight excluding hydrogens is 232 g/mol. The molecule has 0 fully saturated rings. The van der Waals surface area contributed by atoms with Gasteiger partial charge in [-0.3, -0.25) is 0 Å². The summed E-state index contributed by atoms with van der Waals surface area (Å²) in [5.41, 5.74) is 7.23. The predicted octanol–water partition coefficient (Wildman–Crippen LogP) is 2.38. The smallest absolute Gasteiger partial charge is 0.170 e. The minimum Gasteiger partial charge on any atom is -0.493 e. The van der Waals surface area contributed by atoms with Crippen molar-refractivity contribution in [1.29, 1.82) is 0 Å². The molecular formula is C13H16N2O3. The highest BCUT2D eigenvalue weighted by Gasteiger charge is 2.16. The molecule has 0 radical (unpaired) electrons.